The van der Waals surface area contributed by atoms with Crippen molar-refractivity contribution in [1.29, 1.82) is 0 Å². The summed E-state index contributed by atoms with van der Waals surface area (Å²) in [5.41, 5.74) is 5.28. The van der Waals surface area contributed by atoms with Gasteiger partial charge in [-0.05, 0) is 100 Å². The van der Waals surface area contributed by atoms with Gasteiger partial charge in [0.25, 0.3) is 0 Å². The van der Waals surface area contributed by atoms with Gasteiger partial charge in [-0.2, -0.15) is 0 Å². The van der Waals surface area contributed by atoms with Gasteiger partial charge in [0.1, 0.15) is 49.2 Å². The fourth-order valence-corrected chi connectivity index (χ4v) is 11.3. The Morgan fingerprint density at radius 1 is 0.570 bits per heavy atom. The minimum absolute atomic E-state index is 0.0398. The molecule has 1 aliphatic rings. The molecule has 1 N–H and O–H groups in total. The number of aromatic hydroxyl groups is 1. The SMILES string of the molecule is CCCCCCCCCCCCCCCC(=O)OCC(COC(=O)CCCCCCCCCCCCCCC)OC(=O)CC(C)CCCCCCC(=O)Oc1c(C)cc(COC(=O)CC/C(C)=C/Cc2c(O)c3c(c(C)c2OC)COC3=O)cc1C. The number of carbonyl (C=O) groups excluding carboxylic acids is 6. The van der Waals surface area contributed by atoms with Gasteiger partial charge in [0.15, 0.2) is 6.10 Å². The number of ether oxygens (including phenoxy) is 7. The van der Waals surface area contributed by atoms with Gasteiger partial charge in [0.05, 0.1) is 7.11 Å². The third-order valence-corrected chi connectivity index (χ3v) is 16.6. The average molecular weight is 1200 g/mol. The molecule has 0 spiro atoms. The number of phenols is 1. The Hall–Kier alpha value is -5.40. The summed E-state index contributed by atoms with van der Waals surface area (Å²) in [5, 5.41) is 10.9. The molecule has 1 atom stereocenters. The molecular formula is C72H114O14. The number of benzene rings is 2. The lowest BCUT2D eigenvalue weighted by Crippen LogP contribution is -2.31. The van der Waals surface area contributed by atoms with Gasteiger partial charge in [0.2, 0.25) is 0 Å². The van der Waals surface area contributed by atoms with Crippen molar-refractivity contribution in [2.45, 2.75) is 312 Å². The second kappa shape index (κ2) is 45.8. The fourth-order valence-electron chi connectivity index (χ4n) is 11.3. The van der Waals surface area contributed by atoms with Crippen molar-refractivity contribution in [2.75, 3.05) is 20.3 Å². The number of fused-ring (bicyclic) bond motifs is 1. The Kier molecular flexibility index (Phi) is 39.9. The summed E-state index contributed by atoms with van der Waals surface area (Å²) < 4.78 is 39.1. The molecule has 2 aromatic carbocycles. The van der Waals surface area contributed by atoms with E-state index < -0.39 is 18.0 Å². The van der Waals surface area contributed by atoms with Crippen LogP contribution in [0.3, 0.4) is 0 Å². The summed E-state index contributed by atoms with van der Waals surface area (Å²) in [6.07, 6.45) is 38.8. The van der Waals surface area contributed by atoms with Gasteiger partial charge in [-0.15, -0.1) is 0 Å². The van der Waals surface area contributed by atoms with Crippen LogP contribution in [0.2, 0.25) is 0 Å². The van der Waals surface area contributed by atoms with Crippen molar-refractivity contribution in [1.82, 2.24) is 0 Å². The zero-order valence-corrected chi connectivity index (χ0v) is 54.8. The molecule has 0 aliphatic carbocycles. The summed E-state index contributed by atoms with van der Waals surface area (Å²) in [6, 6.07) is 3.71. The molecule has 3 rings (SSSR count). The maximum Gasteiger partial charge on any atom is 0.342 e. The summed E-state index contributed by atoms with van der Waals surface area (Å²) >= 11 is 0. The van der Waals surface area contributed by atoms with E-state index in [0.717, 1.165) is 92.0 Å². The van der Waals surface area contributed by atoms with E-state index in [0.29, 0.717) is 54.7 Å². The highest BCUT2D eigenvalue weighted by molar-refractivity contribution is 5.98. The van der Waals surface area contributed by atoms with Crippen LogP contribution in [0.5, 0.6) is 17.2 Å². The van der Waals surface area contributed by atoms with Gasteiger partial charge < -0.3 is 38.3 Å². The number of unbranched alkanes of at least 4 members (excludes halogenated alkanes) is 27. The molecule has 0 saturated carbocycles. The number of aryl methyl sites for hydroxylation is 2. The first kappa shape index (κ1) is 74.9. The van der Waals surface area contributed by atoms with Crippen LogP contribution in [0, 0.1) is 26.7 Å². The third-order valence-electron chi connectivity index (χ3n) is 16.6. The smallest absolute Gasteiger partial charge is 0.342 e. The number of carbonyl (C=O) groups is 6. The number of methoxy groups -OCH3 is 1. The van der Waals surface area contributed by atoms with Gasteiger partial charge in [-0.3, -0.25) is 24.0 Å². The molecule has 0 saturated heterocycles. The summed E-state index contributed by atoms with van der Waals surface area (Å²) in [5.74, 6) is -1.41. The van der Waals surface area contributed by atoms with Crippen molar-refractivity contribution in [3.05, 3.63) is 62.7 Å². The first-order valence-corrected chi connectivity index (χ1v) is 33.8. The van der Waals surface area contributed by atoms with Crippen molar-refractivity contribution >= 4 is 35.8 Å². The zero-order chi connectivity index (χ0) is 62.7. The maximum absolute atomic E-state index is 13.2. The molecule has 86 heavy (non-hydrogen) atoms. The molecule has 2 aromatic rings. The molecule has 0 radical (unpaired) electrons. The maximum atomic E-state index is 13.2. The quantitative estimate of drug-likeness (QED) is 0.0217. The van der Waals surface area contributed by atoms with E-state index in [9.17, 15) is 33.9 Å². The normalized spacial score (nSPS) is 12.5. The lowest BCUT2D eigenvalue weighted by molar-refractivity contribution is -0.167. The van der Waals surface area contributed by atoms with Crippen molar-refractivity contribution < 1.29 is 67.0 Å². The van der Waals surface area contributed by atoms with E-state index in [1.807, 2.05) is 52.8 Å². The first-order chi connectivity index (χ1) is 41.6. The van der Waals surface area contributed by atoms with Crippen LogP contribution in [0.15, 0.2) is 23.8 Å². The predicted octanol–water partition coefficient (Wildman–Crippen LogP) is 18.2. The highest BCUT2D eigenvalue weighted by Gasteiger charge is 2.32. The minimum atomic E-state index is -0.875. The molecule has 0 amide bonds. The van der Waals surface area contributed by atoms with Crippen LogP contribution in [0.1, 0.15) is 309 Å². The standard InChI is InChI=1S/C72H114O14/c1-9-11-13-15-17-19-21-23-25-27-29-31-36-40-63(73)82-51-60(52-83-64(74)41-37-32-30-28-26-24-22-20-18-16-14-12-10-2)85-67(77)47-55(4)39-35-33-34-38-42-66(76)86-70-56(5)48-59(49-57(70)6)50-81-65(75)46-44-54(3)43-45-61-69(78)68-62(53-84-72(68)79)58(7)71(61)80-8/h43,48-49,55,60,78H,9-42,44-47,50-53H2,1-8H3/b54-43+. The third kappa shape index (κ3) is 32.0. The molecular weight excluding hydrogens is 1090 g/mol. The van der Waals surface area contributed by atoms with E-state index in [1.165, 1.54) is 136 Å². The number of phenolic OH excluding ortho intramolecular Hbond substituents is 1. The van der Waals surface area contributed by atoms with Crippen LogP contribution >= 0.6 is 0 Å². The Bertz CT molecular complexity index is 2260. The molecule has 1 unspecified atom stereocenters. The van der Waals surface area contributed by atoms with Gasteiger partial charge >= 0.3 is 35.8 Å². The largest absolute Gasteiger partial charge is 0.507 e. The number of rotatable bonds is 51. The topological polar surface area (TPSA) is 187 Å². The van der Waals surface area contributed by atoms with Gasteiger partial charge in [-0.1, -0.05) is 212 Å². The van der Waals surface area contributed by atoms with Crippen LogP contribution < -0.4 is 9.47 Å². The second-order valence-corrected chi connectivity index (χ2v) is 24.6. The Morgan fingerprint density at radius 2 is 1.01 bits per heavy atom. The number of cyclic esters (lactones) is 1. The summed E-state index contributed by atoms with van der Waals surface area (Å²) in [6.45, 7) is 13.8. The monoisotopic (exact) mass is 1200 g/mol. The lowest BCUT2D eigenvalue weighted by Gasteiger charge is -2.19. The second-order valence-electron chi connectivity index (χ2n) is 24.6. The summed E-state index contributed by atoms with van der Waals surface area (Å²) in [4.78, 5) is 76.8. The van der Waals surface area contributed by atoms with Crippen LogP contribution in [0.4, 0.5) is 0 Å². The molecule has 14 heteroatoms. The van der Waals surface area contributed by atoms with Crippen LogP contribution in [-0.4, -0.2) is 67.3 Å². The average Bonchev–Trinajstić information content (AvgIpc) is 2.00. The van der Waals surface area contributed by atoms with Gasteiger partial charge in [0, 0.05) is 43.2 Å². The van der Waals surface area contributed by atoms with Crippen molar-refractivity contribution in [3.8, 4) is 17.2 Å². The van der Waals surface area contributed by atoms with E-state index in [2.05, 4.69) is 13.8 Å². The zero-order valence-electron chi connectivity index (χ0n) is 54.8. The minimum Gasteiger partial charge on any atom is -0.507 e. The highest BCUT2D eigenvalue weighted by Crippen LogP contribution is 2.42. The highest BCUT2D eigenvalue weighted by atomic mass is 16.6. The van der Waals surface area contributed by atoms with E-state index in [-0.39, 0.29) is 86.8 Å². The van der Waals surface area contributed by atoms with Gasteiger partial charge in [-0.25, -0.2) is 4.79 Å². The Morgan fingerprint density at radius 3 is 1.49 bits per heavy atom. The number of esters is 6. The number of hydrogen-bond donors (Lipinski definition) is 1. The summed E-state index contributed by atoms with van der Waals surface area (Å²) in [7, 11) is 1.52. The van der Waals surface area contributed by atoms with E-state index in [4.69, 9.17) is 33.2 Å². The molecule has 0 aromatic heterocycles. The van der Waals surface area contributed by atoms with Crippen molar-refractivity contribution in [3.63, 3.8) is 0 Å². The Balaban J connectivity index is 1.34. The Labute approximate surface area is 518 Å². The lowest BCUT2D eigenvalue weighted by atomic mass is 9.94. The molecule has 14 nitrogen and oxygen atoms in total. The number of hydrogen-bond acceptors (Lipinski definition) is 14. The van der Waals surface area contributed by atoms with E-state index in [1.54, 1.807) is 0 Å². The molecule has 1 aliphatic heterocycles. The molecule has 0 fully saturated rings. The molecule has 486 valence electrons. The predicted molar refractivity (Wildman–Crippen MR) is 340 cm³/mol. The molecule has 1 heterocycles. The van der Waals surface area contributed by atoms with Crippen molar-refractivity contribution in [2.24, 2.45) is 5.92 Å². The van der Waals surface area contributed by atoms with Crippen LogP contribution in [0.25, 0.3) is 0 Å². The van der Waals surface area contributed by atoms with E-state index >= 15 is 0 Å². The van der Waals surface area contributed by atoms with Crippen LogP contribution in [-0.2, 0) is 67.3 Å². The number of allylic oxidation sites excluding steroid dienone is 2. The molecule has 0 bridgehead atoms. The first-order valence-electron chi connectivity index (χ1n) is 33.8. The fraction of sp³-hybridized carbons (Fsp3) is 0.722.